The van der Waals surface area contributed by atoms with Crippen molar-refractivity contribution < 1.29 is 0 Å². The van der Waals surface area contributed by atoms with Gasteiger partial charge in [0.2, 0.25) is 0 Å². The molecule has 1 aromatic heterocycles. The summed E-state index contributed by atoms with van der Waals surface area (Å²) in [4.78, 5) is 12.1. The Kier molecular flexibility index (Phi) is 4.39. The van der Waals surface area contributed by atoms with Crippen LogP contribution in [0.25, 0.3) is 0 Å². The molecule has 0 atom stereocenters. The molecule has 1 aromatic rings. The van der Waals surface area contributed by atoms with Crippen molar-refractivity contribution in [2.45, 2.75) is 13.8 Å². The van der Waals surface area contributed by atoms with Crippen molar-refractivity contribution in [1.29, 1.82) is 0 Å². The minimum Gasteiger partial charge on any atom is -0.383 e. The second-order valence-electron chi connectivity index (χ2n) is 3.63. The number of nitrogens with two attached hydrogens (primary N) is 1. The first kappa shape index (κ1) is 12.1. The van der Waals surface area contributed by atoms with Crippen LogP contribution in [0.2, 0.25) is 0 Å². The standard InChI is InChI=1S/C12H16N4/c1-9(2)10(3)12(13)16-8-15-11-6-4-5-7-14-11/h4-9H,3H2,1-2H3,(H2,13,14,15,16). The molecule has 0 saturated heterocycles. The Morgan fingerprint density at radius 1 is 1.50 bits per heavy atom. The van der Waals surface area contributed by atoms with Gasteiger partial charge in [-0.05, 0) is 23.6 Å². The number of pyridine rings is 1. The molecule has 16 heavy (non-hydrogen) atoms. The van der Waals surface area contributed by atoms with Crippen molar-refractivity contribution in [3.8, 4) is 0 Å². The molecule has 4 heteroatoms. The maximum absolute atomic E-state index is 5.72. The fraction of sp³-hybridized carbons (Fsp3) is 0.250. The van der Waals surface area contributed by atoms with Crippen molar-refractivity contribution >= 4 is 18.0 Å². The number of hydrogen-bond acceptors (Lipinski definition) is 2. The van der Waals surface area contributed by atoms with Gasteiger partial charge >= 0.3 is 0 Å². The van der Waals surface area contributed by atoms with Gasteiger partial charge in [-0.25, -0.2) is 15.0 Å². The van der Waals surface area contributed by atoms with Crippen molar-refractivity contribution in [1.82, 2.24) is 4.98 Å². The number of aromatic nitrogens is 1. The summed E-state index contributed by atoms with van der Waals surface area (Å²) in [5.41, 5.74) is 6.53. The van der Waals surface area contributed by atoms with E-state index in [0.717, 1.165) is 5.57 Å². The summed E-state index contributed by atoms with van der Waals surface area (Å²) < 4.78 is 0. The van der Waals surface area contributed by atoms with E-state index in [0.29, 0.717) is 11.7 Å². The maximum Gasteiger partial charge on any atom is 0.153 e. The van der Waals surface area contributed by atoms with Crippen LogP contribution in [0.4, 0.5) is 5.82 Å². The van der Waals surface area contributed by atoms with Gasteiger partial charge in [-0.15, -0.1) is 0 Å². The molecule has 0 radical (unpaired) electrons. The van der Waals surface area contributed by atoms with E-state index in [4.69, 9.17) is 5.73 Å². The highest BCUT2D eigenvalue weighted by Crippen LogP contribution is 2.06. The van der Waals surface area contributed by atoms with Gasteiger partial charge in [0.25, 0.3) is 0 Å². The monoisotopic (exact) mass is 216 g/mol. The molecule has 0 aliphatic heterocycles. The topological polar surface area (TPSA) is 63.6 Å². The lowest BCUT2D eigenvalue weighted by atomic mass is 10.1. The molecule has 4 nitrogen and oxygen atoms in total. The van der Waals surface area contributed by atoms with Gasteiger partial charge in [0.05, 0.1) is 0 Å². The molecule has 1 heterocycles. The smallest absolute Gasteiger partial charge is 0.153 e. The van der Waals surface area contributed by atoms with Gasteiger partial charge < -0.3 is 5.73 Å². The van der Waals surface area contributed by atoms with E-state index < -0.39 is 0 Å². The van der Waals surface area contributed by atoms with Gasteiger partial charge in [0, 0.05) is 6.20 Å². The molecule has 0 saturated carbocycles. The van der Waals surface area contributed by atoms with Gasteiger partial charge in [-0.2, -0.15) is 0 Å². The molecule has 0 unspecified atom stereocenters. The van der Waals surface area contributed by atoms with E-state index in [1.165, 1.54) is 6.34 Å². The maximum atomic E-state index is 5.72. The zero-order valence-electron chi connectivity index (χ0n) is 9.59. The minimum absolute atomic E-state index is 0.284. The SMILES string of the molecule is C=C(C(N)=NC=Nc1ccccn1)C(C)C. The molecule has 0 aliphatic carbocycles. The number of aliphatic imine (C=N–C) groups is 2. The third-order valence-electron chi connectivity index (χ3n) is 2.06. The van der Waals surface area contributed by atoms with Gasteiger partial charge in [0.15, 0.2) is 5.82 Å². The van der Waals surface area contributed by atoms with Crippen LogP contribution in [0.1, 0.15) is 13.8 Å². The third-order valence-corrected chi connectivity index (χ3v) is 2.06. The van der Waals surface area contributed by atoms with Crippen molar-refractivity contribution in [3.63, 3.8) is 0 Å². The van der Waals surface area contributed by atoms with E-state index in [2.05, 4.69) is 21.5 Å². The van der Waals surface area contributed by atoms with Crippen molar-refractivity contribution in [3.05, 3.63) is 36.5 Å². The number of amidine groups is 1. The molecule has 0 amide bonds. The second kappa shape index (κ2) is 5.80. The average molecular weight is 216 g/mol. The highest BCUT2D eigenvalue weighted by molar-refractivity contribution is 6.00. The third kappa shape index (κ3) is 3.65. The molecule has 2 N–H and O–H groups in total. The average Bonchev–Trinajstić information content (AvgIpc) is 2.29. The Bertz CT molecular complexity index is 404. The zero-order chi connectivity index (χ0) is 12.0. The summed E-state index contributed by atoms with van der Waals surface area (Å²) in [7, 11) is 0. The first-order valence-electron chi connectivity index (χ1n) is 5.07. The number of nitrogens with zero attached hydrogens (tertiary/aromatic N) is 3. The Labute approximate surface area is 95.6 Å². The first-order chi connectivity index (χ1) is 7.61. The van der Waals surface area contributed by atoms with Crippen LogP contribution < -0.4 is 5.73 Å². The van der Waals surface area contributed by atoms with E-state index >= 15 is 0 Å². The first-order valence-corrected chi connectivity index (χ1v) is 5.07. The molecule has 0 fully saturated rings. The Hall–Kier alpha value is -1.97. The van der Waals surface area contributed by atoms with Crippen LogP contribution in [0.5, 0.6) is 0 Å². The van der Waals surface area contributed by atoms with Gasteiger partial charge in [-0.3, -0.25) is 0 Å². The Morgan fingerprint density at radius 3 is 2.81 bits per heavy atom. The fourth-order valence-corrected chi connectivity index (χ4v) is 0.959. The second-order valence-corrected chi connectivity index (χ2v) is 3.63. The van der Waals surface area contributed by atoms with Crippen LogP contribution in [0.15, 0.2) is 46.5 Å². The van der Waals surface area contributed by atoms with Crippen LogP contribution in [0.3, 0.4) is 0 Å². The number of rotatable bonds is 4. The van der Waals surface area contributed by atoms with Crippen molar-refractivity contribution in [2.75, 3.05) is 0 Å². The zero-order valence-corrected chi connectivity index (χ0v) is 9.59. The van der Waals surface area contributed by atoms with Gasteiger partial charge in [-0.1, -0.05) is 26.5 Å². The summed E-state index contributed by atoms with van der Waals surface area (Å²) in [6, 6.07) is 5.48. The van der Waals surface area contributed by atoms with E-state index in [-0.39, 0.29) is 5.92 Å². The molecular formula is C12H16N4. The highest BCUT2D eigenvalue weighted by Gasteiger charge is 2.03. The van der Waals surface area contributed by atoms with Gasteiger partial charge in [0.1, 0.15) is 12.2 Å². The fourth-order valence-electron chi connectivity index (χ4n) is 0.959. The van der Waals surface area contributed by atoms with E-state index in [9.17, 15) is 0 Å². The van der Waals surface area contributed by atoms with E-state index in [1.54, 1.807) is 12.3 Å². The summed E-state index contributed by atoms with van der Waals surface area (Å²) in [5, 5.41) is 0. The number of hydrogen-bond donors (Lipinski definition) is 1. The van der Waals surface area contributed by atoms with Crippen LogP contribution in [-0.2, 0) is 0 Å². The molecule has 0 bridgehead atoms. The molecular weight excluding hydrogens is 200 g/mol. The Balaban J connectivity index is 2.66. The predicted molar refractivity (Wildman–Crippen MR) is 68.0 cm³/mol. The molecule has 0 spiro atoms. The molecule has 1 rings (SSSR count). The van der Waals surface area contributed by atoms with Crippen molar-refractivity contribution in [2.24, 2.45) is 21.6 Å². The minimum atomic E-state index is 0.284. The van der Waals surface area contributed by atoms with E-state index in [1.807, 2.05) is 26.0 Å². The van der Waals surface area contributed by atoms with Crippen LogP contribution >= 0.6 is 0 Å². The summed E-state index contributed by atoms with van der Waals surface area (Å²) in [6.45, 7) is 7.88. The lowest BCUT2D eigenvalue weighted by Crippen LogP contribution is -2.17. The Morgan fingerprint density at radius 2 is 2.25 bits per heavy atom. The lowest BCUT2D eigenvalue weighted by molar-refractivity contribution is 0.804. The molecule has 0 aromatic carbocycles. The highest BCUT2D eigenvalue weighted by atomic mass is 15.0. The molecule has 0 aliphatic rings. The summed E-state index contributed by atoms with van der Waals surface area (Å²) in [5.74, 6) is 1.30. The van der Waals surface area contributed by atoms with Crippen LogP contribution in [0, 0.1) is 5.92 Å². The predicted octanol–water partition coefficient (Wildman–Crippen LogP) is 2.31. The van der Waals surface area contributed by atoms with Crippen LogP contribution in [-0.4, -0.2) is 17.2 Å². The summed E-state index contributed by atoms with van der Waals surface area (Å²) in [6.07, 6.45) is 3.07. The quantitative estimate of drug-likeness (QED) is 0.620. The normalized spacial score (nSPS) is 12.3. The molecule has 84 valence electrons. The largest absolute Gasteiger partial charge is 0.383 e. The lowest BCUT2D eigenvalue weighted by Gasteiger charge is -2.06. The summed E-state index contributed by atoms with van der Waals surface area (Å²) >= 11 is 0.